The molecule has 0 aromatic carbocycles. The summed E-state index contributed by atoms with van der Waals surface area (Å²) in [6, 6.07) is 0. The number of hydrogen-bond acceptors (Lipinski definition) is 0. The Bertz CT molecular complexity index is 74.8. The second kappa shape index (κ2) is 5.24. The van der Waals surface area contributed by atoms with Crippen molar-refractivity contribution < 1.29 is 0 Å². The Morgan fingerprint density at radius 3 is 2.50 bits per heavy atom. The van der Waals surface area contributed by atoms with E-state index in [4.69, 9.17) is 0 Å². The molecule has 1 rings (SSSR count). The number of hydrogen-bond donors (Lipinski definition) is 0. The summed E-state index contributed by atoms with van der Waals surface area (Å²) in [5.41, 5.74) is 0. The molecular weight excluding hydrogens is 183 g/mol. The van der Waals surface area contributed by atoms with E-state index in [1.54, 1.807) is 18.1 Å². The topological polar surface area (TPSA) is 0 Å². The Kier molecular flexibility index (Phi) is 4.53. The molecular formula is C9H19As. The molecule has 0 spiro atoms. The molecule has 0 aromatic rings. The van der Waals surface area contributed by atoms with E-state index in [9.17, 15) is 0 Å². The van der Waals surface area contributed by atoms with Crippen molar-refractivity contribution in [3.63, 3.8) is 0 Å². The molecule has 0 N–H and O–H groups in total. The molecule has 0 amide bonds. The van der Waals surface area contributed by atoms with Gasteiger partial charge < -0.3 is 0 Å². The summed E-state index contributed by atoms with van der Waals surface area (Å²) in [7, 11) is 0. The van der Waals surface area contributed by atoms with Crippen molar-refractivity contribution in [1.82, 2.24) is 0 Å². The minimum absolute atomic E-state index is 0.480. The third-order valence-corrected chi connectivity index (χ3v) is 6.37. The van der Waals surface area contributed by atoms with Crippen LogP contribution in [0.15, 0.2) is 0 Å². The summed E-state index contributed by atoms with van der Waals surface area (Å²) in [4.78, 5) is 0. The van der Waals surface area contributed by atoms with Crippen LogP contribution in [-0.2, 0) is 0 Å². The van der Waals surface area contributed by atoms with Gasteiger partial charge in [0.25, 0.3) is 0 Å². The second-order valence-electron chi connectivity index (χ2n) is 3.29. The van der Waals surface area contributed by atoms with Crippen LogP contribution in [0.4, 0.5) is 0 Å². The molecule has 1 atom stereocenters. The fraction of sp³-hybridized carbons (Fsp3) is 1.00. The molecule has 1 heteroatoms. The minimum atomic E-state index is 0.480. The van der Waals surface area contributed by atoms with E-state index in [0.717, 1.165) is 0 Å². The normalized spacial score (nSPS) is 22.5. The van der Waals surface area contributed by atoms with Crippen LogP contribution in [0.2, 0.25) is 9.91 Å². The molecule has 1 aliphatic rings. The molecule has 1 unspecified atom stereocenters. The van der Waals surface area contributed by atoms with Gasteiger partial charge in [0, 0.05) is 0 Å². The Labute approximate surface area is 71.5 Å². The zero-order chi connectivity index (χ0) is 7.23. The van der Waals surface area contributed by atoms with Gasteiger partial charge in [0.15, 0.2) is 0 Å². The van der Waals surface area contributed by atoms with Gasteiger partial charge in [0.05, 0.1) is 0 Å². The summed E-state index contributed by atoms with van der Waals surface area (Å²) in [6.45, 7) is 2.33. The van der Waals surface area contributed by atoms with Crippen LogP contribution >= 0.6 is 0 Å². The van der Waals surface area contributed by atoms with E-state index in [1.807, 2.05) is 0 Å². The second-order valence-corrected chi connectivity index (χ2v) is 6.91. The van der Waals surface area contributed by atoms with Gasteiger partial charge in [0.1, 0.15) is 0 Å². The average molecular weight is 202 g/mol. The Morgan fingerprint density at radius 2 is 1.90 bits per heavy atom. The molecule has 0 heterocycles. The molecule has 1 aliphatic carbocycles. The van der Waals surface area contributed by atoms with Gasteiger partial charge in [-0.3, -0.25) is 0 Å². The van der Waals surface area contributed by atoms with Gasteiger partial charge >= 0.3 is 71.1 Å². The molecule has 1 fully saturated rings. The van der Waals surface area contributed by atoms with Crippen molar-refractivity contribution in [2.75, 3.05) is 0 Å². The summed E-state index contributed by atoms with van der Waals surface area (Å²) in [5, 5.41) is 1.59. The van der Waals surface area contributed by atoms with E-state index in [0.29, 0.717) is 15.8 Å². The monoisotopic (exact) mass is 202 g/mol. The molecule has 0 aromatic heterocycles. The Hall–Kier alpha value is 0.558. The van der Waals surface area contributed by atoms with Crippen molar-refractivity contribution in [3.05, 3.63) is 0 Å². The number of rotatable bonds is 3. The van der Waals surface area contributed by atoms with E-state index >= 15 is 0 Å². The van der Waals surface area contributed by atoms with Gasteiger partial charge in [-0.1, -0.05) is 0 Å². The molecule has 0 radical (unpaired) electrons. The first-order chi connectivity index (χ1) is 4.93. The van der Waals surface area contributed by atoms with Crippen molar-refractivity contribution in [3.8, 4) is 0 Å². The fourth-order valence-electron chi connectivity index (χ4n) is 1.66. The zero-order valence-electron chi connectivity index (χ0n) is 7.03. The van der Waals surface area contributed by atoms with Crippen LogP contribution in [0.3, 0.4) is 0 Å². The van der Waals surface area contributed by atoms with Crippen molar-refractivity contribution >= 4 is 15.8 Å². The van der Waals surface area contributed by atoms with Crippen LogP contribution in [0.1, 0.15) is 45.4 Å². The van der Waals surface area contributed by atoms with E-state index in [2.05, 4.69) is 6.92 Å². The first kappa shape index (κ1) is 8.65. The third kappa shape index (κ3) is 3.10. The first-order valence-electron chi connectivity index (χ1n) is 4.67. The summed E-state index contributed by atoms with van der Waals surface area (Å²) in [5.74, 6) is 0. The molecule has 1 saturated carbocycles. The molecule has 60 valence electrons. The van der Waals surface area contributed by atoms with Gasteiger partial charge in [0.2, 0.25) is 0 Å². The van der Waals surface area contributed by atoms with Crippen molar-refractivity contribution in [1.29, 1.82) is 0 Å². The zero-order valence-corrected chi connectivity index (χ0v) is 9.13. The standard InChI is InChI=1S/C9H19As/c1-2-8-10-9-6-4-3-5-7-9/h9-10H,2-8H2,1H3. The van der Waals surface area contributed by atoms with Crippen LogP contribution < -0.4 is 0 Å². The van der Waals surface area contributed by atoms with Gasteiger partial charge in [-0.05, 0) is 0 Å². The molecule has 0 aliphatic heterocycles. The van der Waals surface area contributed by atoms with E-state index < -0.39 is 0 Å². The first-order valence-corrected chi connectivity index (χ1v) is 7.36. The maximum absolute atomic E-state index is 2.33. The molecule has 0 saturated heterocycles. The summed E-state index contributed by atoms with van der Waals surface area (Å²) >= 11 is 0.480. The SMILES string of the molecule is CCC[AsH]C1CCCCC1. The fourth-order valence-corrected chi connectivity index (χ4v) is 4.83. The van der Waals surface area contributed by atoms with Gasteiger partial charge in [-0.25, -0.2) is 0 Å². The van der Waals surface area contributed by atoms with Gasteiger partial charge in [-0.15, -0.1) is 0 Å². The van der Waals surface area contributed by atoms with Crippen LogP contribution in [0.25, 0.3) is 0 Å². The van der Waals surface area contributed by atoms with Crippen molar-refractivity contribution in [2.24, 2.45) is 0 Å². The summed E-state index contributed by atoms with van der Waals surface area (Å²) < 4.78 is 1.23. The van der Waals surface area contributed by atoms with Crippen molar-refractivity contribution in [2.45, 2.75) is 55.4 Å². The summed E-state index contributed by atoms with van der Waals surface area (Å²) in [6.07, 6.45) is 9.21. The van der Waals surface area contributed by atoms with Gasteiger partial charge in [-0.2, -0.15) is 0 Å². The van der Waals surface area contributed by atoms with Crippen LogP contribution in [-0.4, -0.2) is 15.8 Å². The molecule has 0 nitrogen and oxygen atoms in total. The average Bonchev–Trinajstić information content (AvgIpc) is 2.03. The van der Waals surface area contributed by atoms with Crippen LogP contribution in [0, 0.1) is 0 Å². The predicted octanol–water partition coefficient (Wildman–Crippen LogP) is 3.00. The Balaban J connectivity index is 2.02. The Morgan fingerprint density at radius 1 is 1.20 bits per heavy atom. The molecule has 10 heavy (non-hydrogen) atoms. The quantitative estimate of drug-likeness (QED) is 0.617. The molecule has 0 bridgehead atoms. The van der Waals surface area contributed by atoms with Crippen LogP contribution in [0.5, 0.6) is 0 Å². The van der Waals surface area contributed by atoms with E-state index in [-0.39, 0.29) is 0 Å². The van der Waals surface area contributed by atoms with E-state index in [1.165, 1.54) is 30.4 Å². The third-order valence-electron chi connectivity index (χ3n) is 2.29. The predicted molar refractivity (Wildman–Crippen MR) is 49.1 cm³/mol. The maximum atomic E-state index is 2.33.